The molecule has 1 aromatic carbocycles. The van der Waals surface area contributed by atoms with Crippen LogP contribution in [0.2, 0.25) is 0 Å². The number of aryl methyl sites for hydroxylation is 1. The molecule has 0 aliphatic heterocycles. The zero-order valence-corrected chi connectivity index (χ0v) is 15.4. The molecule has 4 aromatic rings. The predicted molar refractivity (Wildman–Crippen MR) is 106 cm³/mol. The van der Waals surface area contributed by atoms with Gasteiger partial charge in [-0.3, -0.25) is 9.36 Å². The molecule has 0 radical (unpaired) electrons. The molecule has 0 unspecified atom stereocenters. The van der Waals surface area contributed by atoms with Crippen LogP contribution in [0.25, 0.3) is 17.1 Å². The molecule has 0 atom stereocenters. The Morgan fingerprint density at radius 3 is 2.68 bits per heavy atom. The maximum Gasteiger partial charge on any atom is 0.261 e. The Morgan fingerprint density at radius 1 is 1.14 bits per heavy atom. The van der Waals surface area contributed by atoms with Crippen molar-refractivity contribution < 1.29 is 9.32 Å². The van der Waals surface area contributed by atoms with Crippen LogP contribution in [0.3, 0.4) is 0 Å². The number of carbonyl (C=O) groups excluding carboxylic acids is 1. The van der Waals surface area contributed by atoms with Gasteiger partial charge in [-0.25, -0.2) is 9.97 Å². The molecule has 0 aliphatic carbocycles. The van der Waals surface area contributed by atoms with Gasteiger partial charge >= 0.3 is 0 Å². The number of amides is 1. The summed E-state index contributed by atoms with van der Waals surface area (Å²) in [4.78, 5) is 21.5. The Kier molecular flexibility index (Phi) is 4.59. The molecule has 4 rings (SSSR count). The molecule has 8 nitrogen and oxygen atoms in total. The van der Waals surface area contributed by atoms with Crippen LogP contribution in [0.15, 0.2) is 65.7 Å². The molecule has 0 spiro atoms. The number of nitrogens with zero attached hydrogens (tertiary/aromatic N) is 4. The summed E-state index contributed by atoms with van der Waals surface area (Å²) in [7, 11) is 1.75. The Bertz CT molecular complexity index is 1100. The minimum atomic E-state index is -0.314. The molecule has 0 saturated heterocycles. The summed E-state index contributed by atoms with van der Waals surface area (Å²) >= 11 is 0. The molecular weight excluding hydrogens is 356 g/mol. The summed E-state index contributed by atoms with van der Waals surface area (Å²) in [6.07, 6.45) is 5.13. The molecule has 3 heterocycles. The van der Waals surface area contributed by atoms with E-state index in [0.29, 0.717) is 34.3 Å². The third kappa shape index (κ3) is 3.23. The summed E-state index contributed by atoms with van der Waals surface area (Å²) in [5, 5.41) is 9.97. The van der Waals surface area contributed by atoms with Gasteiger partial charge in [-0.1, -0.05) is 35.5 Å². The van der Waals surface area contributed by atoms with Crippen molar-refractivity contribution in [1.82, 2.24) is 19.7 Å². The third-order valence-electron chi connectivity index (χ3n) is 4.27. The highest BCUT2D eigenvalue weighted by Crippen LogP contribution is 2.27. The molecular formula is C20H18N6O2. The van der Waals surface area contributed by atoms with Crippen molar-refractivity contribution in [2.75, 3.05) is 17.7 Å². The van der Waals surface area contributed by atoms with Crippen LogP contribution in [-0.2, 0) is 0 Å². The van der Waals surface area contributed by atoms with E-state index in [1.54, 1.807) is 49.4 Å². The SMILES string of the molecule is CNc1nc(-n2ccnc2)ccc1NC(=O)c1c(-c2ccccc2)noc1C. The predicted octanol–water partition coefficient (Wildman–Crippen LogP) is 3.52. The van der Waals surface area contributed by atoms with Crippen molar-refractivity contribution >= 4 is 17.4 Å². The summed E-state index contributed by atoms with van der Waals surface area (Å²) in [5.74, 6) is 1.36. The number of anilines is 2. The van der Waals surface area contributed by atoms with E-state index in [1.165, 1.54) is 0 Å². The lowest BCUT2D eigenvalue weighted by Crippen LogP contribution is -2.15. The lowest BCUT2D eigenvalue weighted by Gasteiger charge is -2.12. The van der Waals surface area contributed by atoms with E-state index in [-0.39, 0.29) is 5.91 Å². The van der Waals surface area contributed by atoms with Crippen molar-refractivity contribution in [3.8, 4) is 17.1 Å². The van der Waals surface area contributed by atoms with Crippen LogP contribution < -0.4 is 10.6 Å². The molecule has 28 heavy (non-hydrogen) atoms. The summed E-state index contributed by atoms with van der Waals surface area (Å²) in [5.41, 5.74) is 2.26. The molecule has 140 valence electrons. The van der Waals surface area contributed by atoms with Crippen LogP contribution in [0.5, 0.6) is 0 Å². The first-order valence-electron chi connectivity index (χ1n) is 8.67. The van der Waals surface area contributed by atoms with Gasteiger partial charge < -0.3 is 15.2 Å². The van der Waals surface area contributed by atoms with Crippen LogP contribution >= 0.6 is 0 Å². The number of carbonyl (C=O) groups is 1. The summed E-state index contributed by atoms with van der Waals surface area (Å²) in [6.45, 7) is 1.72. The molecule has 1 amide bonds. The largest absolute Gasteiger partial charge is 0.371 e. The van der Waals surface area contributed by atoms with Gasteiger partial charge in [0.1, 0.15) is 29.2 Å². The highest BCUT2D eigenvalue weighted by atomic mass is 16.5. The van der Waals surface area contributed by atoms with Gasteiger partial charge in [0.05, 0.1) is 5.69 Å². The highest BCUT2D eigenvalue weighted by Gasteiger charge is 2.22. The van der Waals surface area contributed by atoms with Crippen molar-refractivity contribution in [2.45, 2.75) is 6.92 Å². The molecule has 8 heteroatoms. The van der Waals surface area contributed by atoms with Gasteiger partial charge in [0, 0.05) is 25.0 Å². The number of hydrogen-bond acceptors (Lipinski definition) is 6. The van der Waals surface area contributed by atoms with E-state index in [9.17, 15) is 4.79 Å². The fraction of sp³-hybridized carbons (Fsp3) is 0.100. The Hall–Kier alpha value is -3.94. The second kappa shape index (κ2) is 7.36. The first-order valence-corrected chi connectivity index (χ1v) is 8.67. The molecule has 0 aliphatic rings. The van der Waals surface area contributed by atoms with Crippen molar-refractivity contribution in [1.29, 1.82) is 0 Å². The Labute approximate surface area is 161 Å². The normalized spacial score (nSPS) is 10.6. The molecule has 0 saturated carbocycles. The van der Waals surface area contributed by atoms with Gasteiger partial charge in [-0.15, -0.1) is 0 Å². The number of aromatic nitrogens is 4. The van der Waals surface area contributed by atoms with Crippen molar-refractivity contribution in [2.24, 2.45) is 0 Å². The minimum absolute atomic E-state index is 0.314. The van der Waals surface area contributed by atoms with Gasteiger partial charge in [0.25, 0.3) is 5.91 Å². The van der Waals surface area contributed by atoms with E-state index in [1.807, 2.05) is 30.3 Å². The fourth-order valence-electron chi connectivity index (χ4n) is 2.90. The quantitative estimate of drug-likeness (QED) is 0.555. The Balaban J connectivity index is 1.65. The molecule has 3 aromatic heterocycles. The first kappa shape index (κ1) is 17.5. The molecule has 0 bridgehead atoms. The van der Waals surface area contributed by atoms with Gasteiger partial charge in [0.2, 0.25) is 0 Å². The Morgan fingerprint density at radius 2 is 1.96 bits per heavy atom. The smallest absolute Gasteiger partial charge is 0.261 e. The van der Waals surface area contributed by atoms with Gasteiger partial charge in [-0.05, 0) is 19.1 Å². The first-order chi connectivity index (χ1) is 13.7. The van der Waals surface area contributed by atoms with E-state index >= 15 is 0 Å². The second-order valence-corrected chi connectivity index (χ2v) is 6.07. The summed E-state index contributed by atoms with van der Waals surface area (Å²) in [6, 6.07) is 13.0. The van der Waals surface area contributed by atoms with E-state index in [0.717, 1.165) is 5.56 Å². The van der Waals surface area contributed by atoms with Crippen LogP contribution in [0.1, 0.15) is 16.1 Å². The number of imidazole rings is 1. The zero-order chi connectivity index (χ0) is 19.5. The van der Waals surface area contributed by atoms with E-state index < -0.39 is 0 Å². The van der Waals surface area contributed by atoms with Crippen LogP contribution in [-0.4, -0.2) is 32.6 Å². The van der Waals surface area contributed by atoms with Crippen LogP contribution in [0.4, 0.5) is 11.5 Å². The topological polar surface area (TPSA) is 97.9 Å². The van der Waals surface area contributed by atoms with E-state index in [4.69, 9.17) is 4.52 Å². The second-order valence-electron chi connectivity index (χ2n) is 6.07. The maximum absolute atomic E-state index is 13.0. The zero-order valence-electron chi connectivity index (χ0n) is 15.4. The van der Waals surface area contributed by atoms with Gasteiger partial charge in [0.15, 0.2) is 5.82 Å². The number of pyridine rings is 1. The molecule has 2 N–H and O–H groups in total. The average molecular weight is 374 g/mol. The van der Waals surface area contributed by atoms with Crippen molar-refractivity contribution in [3.05, 3.63) is 72.5 Å². The number of benzene rings is 1. The van der Waals surface area contributed by atoms with Gasteiger partial charge in [-0.2, -0.15) is 0 Å². The lowest BCUT2D eigenvalue weighted by molar-refractivity contribution is 0.102. The average Bonchev–Trinajstić information content (AvgIpc) is 3.39. The maximum atomic E-state index is 13.0. The third-order valence-corrected chi connectivity index (χ3v) is 4.27. The monoisotopic (exact) mass is 374 g/mol. The highest BCUT2D eigenvalue weighted by molar-refractivity contribution is 6.09. The van der Waals surface area contributed by atoms with Crippen LogP contribution in [0, 0.1) is 6.92 Å². The number of rotatable bonds is 5. The van der Waals surface area contributed by atoms with Crippen molar-refractivity contribution in [3.63, 3.8) is 0 Å². The summed E-state index contributed by atoms with van der Waals surface area (Å²) < 4.78 is 7.06. The minimum Gasteiger partial charge on any atom is -0.371 e. The fourth-order valence-corrected chi connectivity index (χ4v) is 2.90. The lowest BCUT2D eigenvalue weighted by atomic mass is 10.1. The van der Waals surface area contributed by atoms with E-state index in [2.05, 4.69) is 25.8 Å². The standard InChI is InChI=1S/C20H18N6O2/c1-13-17(18(25-28-13)14-6-4-3-5-7-14)20(27)23-15-8-9-16(24-19(15)21-2)26-11-10-22-12-26/h3-12H,1-2H3,(H,21,24)(H,23,27). The molecule has 0 fully saturated rings. The number of hydrogen-bond donors (Lipinski definition) is 2. The number of nitrogens with one attached hydrogen (secondary N) is 2.